The van der Waals surface area contributed by atoms with E-state index in [0.29, 0.717) is 11.8 Å². The summed E-state index contributed by atoms with van der Waals surface area (Å²) in [5.74, 6) is 1.32. The maximum atomic E-state index is 5.73. The molecule has 0 radical (unpaired) electrons. The van der Waals surface area contributed by atoms with Crippen molar-refractivity contribution >= 4 is 5.69 Å². The van der Waals surface area contributed by atoms with E-state index in [9.17, 15) is 0 Å². The zero-order valence-corrected chi connectivity index (χ0v) is 11.2. The van der Waals surface area contributed by atoms with Crippen LogP contribution >= 0.6 is 0 Å². The number of hydrogen-bond acceptors (Lipinski definition) is 3. The Hall–Kier alpha value is -1.25. The molecule has 1 heterocycles. The van der Waals surface area contributed by atoms with Crippen LogP contribution < -0.4 is 10.5 Å². The van der Waals surface area contributed by atoms with Gasteiger partial charge in [0, 0.05) is 6.07 Å². The van der Waals surface area contributed by atoms with Gasteiger partial charge in [0.25, 0.3) is 0 Å². The standard InChI is InChI=1S/C14H24N2O/c1-4-6-7-12(5-2)10-17-14-8-11(3)13(15)9-16-14/h8-9,12H,4-7,10,15H2,1-3H3. The fraction of sp³-hybridized carbons (Fsp3) is 0.643. The number of ether oxygens (including phenoxy) is 1. The fourth-order valence-electron chi connectivity index (χ4n) is 1.72. The summed E-state index contributed by atoms with van der Waals surface area (Å²) in [5, 5.41) is 0. The van der Waals surface area contributed by atoms with Crippen molar-refractivity contribution in [1.29, 1.82) is 0 Å². The van der Waals surface area contributed by atoms with Crippen LogP contribution in [-0.2, 0) is 0 Å². The molecule has 0 aliphatic carbocycles. The Bertz CT molecular complexity index is 339. The molecular formula is C14H24N2O. The third-order valence-corrected chi connectivity index (χ3v) is 3.14. The van der Waals surface area contributed by atoms with Gasteiger partial charge in [0.15, 0.2) is 0 Å². The van der Waals surface area contributed by atoms with Crippen LogP contribution in [0.3, 0.4) is 0 Å². The van der Waals surface area contributed by atoms with E-state index in [2.05, 4.69) is 18.8 Å². The average molecular weight is 236 g/mol. The third-order valence-electron chi connectivity index (χ3n) is 3.14. The Morgan fingerprint density at radius 2 is 2.18 bits per heavy atom. The van der Waals surface area contributed by atoms with Gasteiger partial charge in [-0.05, 0) is 24.8 Å². The molecule has 0 fully saturated rings. The number of unbranched alkanes of at least 4 members (excludes halogenated alkanes) is 1. The number of pyridine rings is 1. The maximum absolute atomic E-state index is 5.73. The molecular weight excluding hydrogens is 212 g/mol. The summed E-state index contributed by atoms with van der Waals surface area (Å²) < 4.78 is 5.73. The van der Waals surface area contributed by atoms with Gasteiger partial charge >= 0.3 is 0 Å². The van der Waals surface area contributed by atoms with Gasteiger partial charge in [-0.25, -0.2) is 4.98 Å². The Morgan fingerprint density at radius 1 is 1.41 bits per heavy atom. The van der Waals surface area contributed by atoms with Crippen molar-refractivity contribution in [1.82, 2.24) is 4.98 Å². The Morgan fingerprint density at radius 3 is 2.76 bits per heavy atom. The van der Waals surface area contributed by atoms with Crippen LogP contribution in [0.15, 0.2) is 12.3 Å². The number of aryl methyl sites for hydroxylation is 1. The van der Waals surface area contributed by atoms with Gasteiger partial charge in [0.2, 0.25) is 5.88 Å². The lowest BCUT2D eigenvalue weighted by molar-refractivity contribution is 0.226. The Labute approximate surface area is 104 Å². The molecule has 0 bridgehead atoms. The number of nitrogens with zero attached hydrogens (tertiary/aromatic N) is 1. The summed E-state index contributed by atoms with van der Waals surface area (Å²) in [6.07, 6.45) is 6.58. The first-order valence-corrected chi connectivity index (χ1v) is 6.52. The average Bonchev–Trinajstić information content (AvgIpc) is 2.34. The first-order valence-electron chi connectivity index (χ1n) is 6.52. The SMILES string of the molecule is CCCCC(CC)COc1cc(C)c(N)cn1. The molecule has 1 aromatic heterocycles. The Kier molecular flexibility index (Phi) is 5.81. The monoisotopic (exact) mass is 236 g/mol. The van der Waals surface area contributed by atoms with Gasteiger partial charge in [-0.15, -0.1) is 0 Å². The molecule has 0 saturated heterocycles. The molecule has 96 valence electrons. The lowest BCUT2D eigenvalue weighted by Gasteiger charge is -2.15. The van der Waals surface area contributed by atoms with Crippen LogP contribution in [0.4, 0.5) is 5.69 Å². The topological polar surface area (TPSA) is 48.1 Å². The third kappa shape index (κ3) is 4.63. The van der Waals surface area contributed by atoms with E-state index in [0.717, 1.165) is 24.3 Å². The molecule has 0 spiro atoms. The predicted octanol–water partition coefficient (Wildman–Crippen LogP) is 3.57. The largest absolute Gasteiger partial charge is 0.477 e. The molecule has 17 heavy (non-hydrogen) atoms. The highest BCUT2D eigenvalue weighted by Crippen LogP contribution is 2.18. The summed E-state index contributed by atoms with van der Waals surface area (Å²) in [7, 11) is 0. The van der Waals surface area contributed by atoms with Crippen LogP contribution in [0.1, 0.15) is 45.1 Å². The van der Waals surface area contributed by atoms with E-state index in [-0.39, 0.29) is 0 Å². The number of hydrogen-bond donors (Lipinski definition) is 1. The van der Waals surface area contributed by atoms with Crippen LogP contribution in [-0.4, -0.2) is 11.6 Å². The minimum absolute atomic E-state index is 0.634. The zero-order valence-electron chi connectivity index (χ0n) is 11.2. The molecule has 0 aliphatic heterocycles. The molecule has 1 rings (SSSR count). The number of nitrogens with two attached hydrogens (primary N) is 1. The quantitative estimate of drug-likeness (QED) is 0.787. The van der Waals surface area contributed by atoms with Crippen molar-refractivity contribution in [2.45, 2.75) is 46.5 Å². The second kappa shape index (κ2) is 7.15. The molecule has 1 aromatic rings. The van der Waals surface area contributed by atoms with E-state index in [1.807, 2.05) is 13.0 Å². The van der Waals surface area contributed by atoms with Crippen molar-refractivity contribution in [3.63, 3.8) is 0 Å². The van der Waals surface area contributed by atoms with Gasteiger partial charge < -0.3 is 10.5 Å². The van der Waals surface area contributed by atoms with Crippen LogP contribution in [0.5, 0.6) is 5.88 Å². The minimum Gasteiger partial charge on any atom is -0.477 e. The fourth-order valence-corrected chi connectivity index (χ4v) is 1.72. The lowest BCUT2D eigenvalue weighted by Crippen LogP contribution is -2.12. The van der Waals surface area contributed by atoms with E-state index in [4.69, 9.17) is 10.5 Å². The van der Waals surface area contributed by atoms with Crippen molar-refractivity contribution in [3.8, 4) is 5.88 Å². The molecule has 1 unspecified atom stereocenters. The maximum Gasteiger partial charge on any atom is 0.213 e. The number of anilines is 1. The summed E-state index contributed by atoms with van der Waals surface area (Å²) in [5.41, 5.74) is 7.46. The molecule has 2 N–H and O–H groups in total. The number of rotatable bonds is 7. The van der Waals surface area contributed by atoms with Crippen LogP contribution in [0, 0.1) is 12.8 Å². The summed E-state index contributed by atoms with van der Waals surface area (Å²) in [6.45, 7) is 7.16. The summed E-state index contributed by atoms with van der Waals surface area (Å²) in [6, 6.07) is 1.90. The second-order valence-corrected chi connectivity index (χ2v) is 4.61. The molecule has 0 amide bonds. The van der Waals surface area contributed by atoms with Crippen molar-refractivity contribution in [3.05, 3.63) is 17.8 Å². The van der Waals surface area contributed by atoms with Crippen molar-refractivity contribution in [2.75, 3.05) is 12.3 Å². The van der Waals surface area contributed by atoms with E-state index < -0.39 is 0 Å². The van der Waals surface area contributed by atoms with Gasteiger partial charge in [0.1, 0.15) is 0 Å². The van der Waals surface area contributed by atoms with E-state index in [1.54, 1.807) is 6.20 Å². The van der Waals surface area contributed by atoms with Gasteiger partial charge in [-0.3, -0.25) is 0 Å². The highest BCUT2D eigenvalue weighted by Gasteiger charge is 2.07. The first kappa shape index (κ1) is 13.8. The van der Waals surface area contributed by atoms with E-state index in [1.165, 1.54) is 19.3 Å². The molecule has 3 nitrogen and oxygen atoms in total. The summed E-state index contributed by atoms with van der Waals surface area (Å²) in [4.78, 5) is 4.18. The van der Waals surface area contributed by atoms with Gasteiger partial charge in [-0.1, -0.05) is 33.1 Å². The molecule has 3 heteroatoms. The summed E-state index contributed by atoms with van der Waals surface area (Å²) >= 11 is 0. The van der Waals surface area contributed by atoms with Crippen molar-refractivity contribution < 1.29 is 4.74 Å². The minimum atomic E-state index is 0.634. The first-order chi connectivity index (χ1) is 8.17. The van der Waals surface area contributed by atoms with Gasteiger partial charge in [-0.2, -0.15) is 0 Å². The van der Waals surface area contributed by atoms with Crippen LogP contribution in [0.25, 0.3) is 0 Å². The highest BCUT2D eigenvalue weighted by atomic mass is 16.5. The predicted molar refractivity (Wildman–Crippen MR) is 72.2 cm³/mol. The number of nitrogen functional groups attached to an aromatic ring is 1. The lowest BCUT2D eigenvalue weighted by atomic mass is 10.0. The molecule has 0 aromatic carbocycles. The van der Waals surface area contributed by atoms with Crippen LogP contribution in [0.2, 0.25) is 0 Å². The number of aromatic nitrogens is 1. The normalized spacial score (nSPS) is 12.4. The van der Waals surface area contributed by atoms with E-state index >= 15 is 0 Å². The smallest absolute Gasteiger partial charge is 0.213 e. The zero-order chi connectivity index (χ0) is 12.7. The second-order valence-electron chi connectivity index (χ2n) is 4.61. The molecule has 1 atom stereocenters. The molecule has 0 saturated carbocycles. The van der Waals surface area contributed by atoms with Gasteiger partial charge in [0.05, 0.1) is 18.5 Å². The highest BCUT2D eigenvalue weighted by molar-refractivity contribution is 5.45. The molecule has 0 aliphatic rings. The Balaban J connectivity index is 2.45. The van der Waals surface area contributed by atoms with Crippen molar-refractivity contribution in [2.24, 2.45) is 5.92 Å².